The second kappa shape index (κ2) is 6.77. The van der Waals surface area contributed by atoms with Gasteiger partial charge in [0.25, 0.3) is 0 Å². The van der Waals surface area contributed by atoms with Crippen LogP contribution in [0.4, 0.5) is 0 Å². The minimum Gasteiger partial charge on any atom is -0.381 e. The Balaban J connectivity index is 1.72. The first-order valence-electron chi connectivity index (χ1n) is 8.77. The van der Waals surface area contributed by atoms with Gasteiger partial charge >= 0.3 is 0 Å². The molecule has 3 unspecified atom stereocenters. The van der Waals surface area contributed by atoms with E-state index in [1.807, 2.05) is 0 Å². The number of hydrogen-bond donors (Lipinski definition) is 1. The minimum atomic E-state index is 0.120. The average Bonchev–Trinajstić information content (AvgIpc) is 2.93. The van der Waals surface area contributed by atoms with E-state index in [2.05, 4.69) is 30.9 Å². The molecule has 0 amide bonds. The van der Waals surface area contributed by atoms with E-state index < -0.39 is 0 Å². The Labute approximate surface area is 133 Å². The molecule has 0 aromatic carbocycles. The summed E-state index contributed by atoms with van der Waals surface area (Å²) >= 11 is 2.19. The molecule has 1 spiro atoms. The molecular weight excluding hydrogens is 282 g/mol. The monoisotopic (exact) mass is 313 g/mol. The van der Waals surface area contributed by atoms with Gasteiger partial charge in [0.2, 0.25) is 0 Å². The first-order valence-corrected chi connectivity index (χ1v) is 9.75. The Bertz CT molecular complexity index is 332. The molecule has 0 aliphatic carbocycles. The minimum absolute atomic E-state index is 0.120. The van der Waals surface area contributed by atoms with Crippen molar-refractivity contribution in [3.05, 3.63) is 0 Å². The molecule has 3 aliphatic rings. The predicted molar refractivity (Wildman–Crippen MR) is 89.0 cm³/mol. The Morgan fingerprint density at radius 1 is 1.24 bits per heavy atom. The van der Waals surface area contributed by atoms with Gasteiger partial charge in [-0.15, -0.1) is 0 Å². The molecule has 122 valence electrons. The molecule has 3 heterocycles. The summed E-state index contributed by atoms with van der Waals surface area (Å²) in [5.74, 6) is 2.09. The van der Waals surface area contributed by atoms with E-state index in [1.165, 1.54) is 31.4 Å². The van der Waals surface area contributed by atoms with Gasteiger partial charge < -0.3 is 14.8 Å². The van der Waals surface area contributed by atoms with Crippen LogP contribution in [0, 0.1) is 5.92 Å². The molecule has 3 fully saturated rings. The largest absolute Gasteiger partial charge is 0.381 e. The highest BCUT2D eigenvalue weighted by Gasteiger charge is 2.47. The van der Waals surface area contributed by atoms with Gasteiger partial charge in [-0.3, -0.25) is 0 Å². The lowest BCUT2D eigenvalue weighted by Crippen LogP contribution is -2.55. The molecule has 3 nitrogen and oxygen atoms in total. The normalized spacial score (nSPS) is 37.7. The second-order valence-electron chi connectivity index (χ2n) is 7.20. The maximum atomic E-state index is 6.25. The Morgan fingerprint density at radius 3 is 2.71 bits per heavy atom. The number of thioether (sulfide) groups is 1. The summed E-state index contributed by atoms with van der Waals surface area (Å²) in [5, 5.41) is 3.85. The van der Waals surface area contributed by atoms with Gasteiger partial charge in [-0.25, -0.2) is 0 Å². The van der Waals surface area contributed by atoms with Crippen molar-refractivity contribution in [3.8, 4) is 0 Å². The van der Waals surface area contributed by atoms with Crippen molar-refractivity contribution in [1.82, 2.24) is 5.32 Å². The summed E-state index contributed by atoms with van der Waals surface area (Å²) < 4.78 is 12.2. The summed E-state index contributed by atoms with van der Waals surface area (Å²) in [4.78, 5) is 0. The fraction of sp³-hybridized carbons (Fsp3) is 1.00. The summed E-state index contributed by atoms with van der Waals surface area (Å²) in [6.45, 7) is 8.51. The van der Waals surface area contributed by atoms with Gasteiger partial charge in [0.1, 0.15) is 0 Å². The van der Waals surface area contributed by atoms with Gasteiger partial charge in [0.05, 0.1) is 5.60 Å². The van der Waals surface area contributed by atoms with Crippen molar-refractivity contribution in [3.63, 3.8) is 0 Å². The summed E-state index contributed by atoms with van der Waals surface area (Å²) in [7, 11) is 0. The fourth-order valence-electron chi connectivity index (χ4n) is 4.59. The van der Waals surface area contributed by atoms with Crippen LogP contribution in [0.1, 0.15) is 52.4 Å². The van der Waals surface area contributed by atoms with Crippen molar-refractivity contribution < 1.29 is 9.47 Å². The van der Waals surface area contributed by atoms with E-state index in [-0.39, 0.29) is 5.60 Å². The quantitative estimate of drug-likeness (QED) is 0.863. The summed E-state index contributed by atoms with van der Waals surface area (Å²) in [6.07, 6.45) is 7.37. The molecule has 0 saturated carbocycles. The van der Waals surface area contributed by atoms with Crippen LogP contribution in [0.25, 0.3) is 0 Å². The molecule has 0 bridgehead atoms. The summed E-state index contributed by atoms with van der Waals surface area (Å²) in [5.41, 5.74) is 0.120. The molecule has 21 heavy (non-hydrogen) atoms. The highest BCUT2D eigenvalue weighted by Crippen LogP contribution is 2.47. The van der Waals surface area contributed by atoms with Gasteiger partial charge in [-0.2, -0.15) is 11.8 Å². The third-order valence-electron chi connectivity index (χ3n) is 5.74. The number of hydrogen-bond acceptors (Lipinski definition) is 4. The highest BCUT2D eigenvalue weighted by atomic mass is 32.2. The first-order chi connectivity index (χ1) is 10.2. The maximum absolute atomic E-state index is 6.25. The van der Waals surface area contributed by atoms with E-state index in [4.69, 9.17) is 9.47 Å². The zero-order valence-electron chi connectivity index (χ0n) is 13.7. The second-order valence-corrected chi connectivity index (χ2v) is 8.83. The van der Waals surface area contributed by atoms with Crippen LogP contribution in [0.2, 0.25) is 0 Å². The smallest absolute Gasteiger partial charge is 0.0729 e. The van der Waals surface area contributed by atoms with Crippen molar-refractivity contribution >= 4 is 11.8 Å². The van der Waals surface area contributed by atoms with Crippen molar-refractivity contribution in [2.45, 2.75) is 68.8 Å². The van der Waals surface area contributed by atoms with E-state index in [9.17, 15) is 0 Å². The maximum Gasteiger partial charge on any atom is 0.0729 e. The Kier molecular flexibility index (Phi) is 5.19. The molecule has 3 atom stereocenters. The van der Waals surface area contributed by atoms with Crippen LogP contribution >= 0.6 is 11.8 Å². The standard InChI is InChI=1S/C17H31NO2S/c1-3-18-15(16(2)6-4-12-21-16)14-5-9-20-17(13-14)7-10-19-11-8-17/h14-15,18H,3-13H2,1-2H3. The van der Waals surface area contributed by atoms with Crippen LogP contribution in [0.5, 0.6) is 0 Å². The number of ether oxygens (including phenoxy) is 2. The van der Waals surface area contributed by atoms with Crippen molar-refractivity contribution in [1.29, 1.82) is 0 Å². The zero-order chi connectivity index (χ0) is 14.8. The van der Waals surface area contributed by atoms with Gasteiger partial charge in [0.15, 0.2) is 0 Å². The van der Waals surface area contributed by atoms with E-state index in [0.29, 0.717) is 10.8 Å². The molecular formula is C17H31NO2S. The third kappa shape index (κ3) is 3.44. The molecule has 3 saturated heterocycles. The zero-order valence-corrected chi connectivity index (χ0v) is 14.5. The first kappa shape index (κ1) is 16.1. The predicted octanol–water partition coefficient (Wildman–Crippen LogP) is 3.23. The van der Waals surface area contributed by atoms with Crippen LogP contribution < -0.4 is 5.32 Å². The Morgan fingerprint density at radius 2 is 2.05 bits per heavy atom. The van der Waals surface area contributed by atoms with Gasteiger partial charge in [-0.1, -0.05) is 6.92 Å². The highest BCUT2D eigenvalue weighted by molar-refractivity contribution is 8.00. The van der Waals surface area contributed by atoms with E-state index in [0.717, 1.165) is 45.1 Å². The molecule has 3 aliphatic heterocycles. The SMILES string of the molecule is CCNC(C1CCOC2(CCOCC2)C1)C1(C)CCCS1. The fourth-order valence-corrected chi connectivity index (χ4v) is 6.09. The van der Waals surface area contributed by atoms with Gasteiger partial charge in [-0.05, 0) is 63.7 Å². The van der Waals surface area contributed by atoms with Crippen molar-refractivity contribution in [2.24, 2.45) is 5.92 Å². The lowest BCUT2D eigenvalue weighted by atomic mass is 9.74. The molecule has 0 aromatic heterocycles. The summed E-state index contributed by atoms with van der Waals surface area (Å²) in [6, 6.07) is 0.638. The number of rotatable bonds is 4. The molecule has 1 N–H and O–H groups in total. The van der Waals surface area contributed by atoms with Crippen LogP contribution in [-0.2, 0) is 9.47 Å². The molecule has 4 heteroatoms. The lowest BCUT2D eigenvalue weighted by Gasteiger charge is -2.48. The molecule has 0 radical (unpaired) electrons. The Hall–Kier alpha value is 0.230. The third-order valence-corrected chi connectivity index (χ3v) is 7.35. The van der Waals surface area contributed by atoms with Gasteiger partial charge in [0, 0.05) is 30.6 Å². The van der Waals surface area contributed by atoms with Crippen LogP contribution in [-0.4, -0.2) is 48.5 Å². The van der Waals surface area contributed by atoms with Crippen molar-refractivity contribution in [2.75, 3.05) is 32.1 Å². The average molecular weight is 314 g/mol. The van der Waals surface area contributed by atoms with E-state index >= 15 is 0 Å². The van der Waals surface area contributed by atoms with Crippen LogP contribution in [0.15, 0.2) is 0 Å². The molecule has 0 aromatic rings. The van der Waals surface area contributed by atoms with E-state index in [1.54, 1.807) is 0 Å². The topological polar surface area (TPSA) is 30.5 Å². The number of nitrogens with one attached hydrogen (secondary N) is 1. The van der Waals surface area contributed by atoms with Crippen LogP contribution in [0.3, 0.4) is 0 Å². The molecule has 3 rings (SSSR count). The lowest BCUT2D eigenvalue weighted by molar-refractivity contribution is -0.151.